The highest BCUT2D eigenvalue weighted by Crippen LogP contribution is 2.50. The summed E-state index contributed by atoms with van der Waals surface area (Å²) in [4.78, 5) is 63.4. The molecule has 0 radical (unpaired) electrons. The maximum atomic E-state index is 15.1. The normalized spacial score (nSPS) is 29.2. The molecule has 0 saturated carbocycles. The second-order valence-electron chi connectivity index (χ2n) is 16.4. The number of nitrogens with one attached hydrogen (secondary N) is 1. The van der Waals surface area contributed by atoms with Crippen LogP contribution in [0.5, 0.6) is 23.0 Å². The number of allylic oxidation sites excluding steroid dienone is 5. The molecule has 7 atom stereocenters. The number of aromatic hydroxyl groups is 1. The van der Waals surface area contributed by atoms with E-state index in [-0.39, 0.29) is 75.2 Å². The fourth-order valence-electron chi connectivity index (χ4n) is 8.04. The van der Waals surface area contributed by atoms with Crippen LogP contribution in [0, 0.1) is 24.7 Å². The average Bonchev–Trinajstić information content (AvgIpc) is 3.44. The van der Waals surface area contributed by atoms with Crippen LogP contribution in [0.15, 0.2) is 71.1 Å². The molecule has 14 heteroatoms. The largest absolute Gasteiger partial charge is 0.506 e. The molecular weight excluding hydrogens is 771 g/mol. The number of Topliss-reactive ketones (excluding diaryl/α,β-unsaturated/α-hetero) is 2. The molecule has 4 aliphatic rings. The topological polar surface area (TPSA) is 172 Å². The van der Waals surface area contributed by atoms with Gasteiger partial charge in [0.1, 0.15) is 47.5 Å². The Kier molecular flexibility index (Phi) is 13.0. The van der Waals surface area contributed by atoms with Crippen molar-refractivity contribution in [2.45, 2.75) is 85.4 Å². The molecule has 0 spiro atoms. The number of benzene rings is 2. The first-order valence-electron chi connectivity index (χ1n) is 20.2. The summed E-state index contributed by atoms with van der Waals surface area (Å²) in [5.74, 6) is -4.64. The Morgan fingerprint density at radius 2 is 1.80 bits per heavy atom. The summed E-state index contributed by atoms with van der Waals surface area (Å²) in [5.41, 5.74) is 0.456. The monoisotopic (exact) mass is 825 g/mol. The molecular formula is C46H55N3O11. The number of ketones is 2. The van der Waals surface area contributed by atoms with Gasteiger partial charge in [0, 0.05) is 50.1 Å². The Labute approximate surface area is 350 Å². The van der Waals surface area contributed by atoms with E-state index >= 15 is 4.79 Å². The number of aliphatic imine (C=N–C) groups is 1. The lowest BCUT2D eigenvalue weighted by molar-refractivity contribution is -0.159. The van der Waals surface area contributed by atoms with Crippen LogP contribution < -0.4 is 19.5 Å². The number of rotatable bonds is 7. The number of likely N-dealkylation sites (N-methyl/N-ethyl adjacent to an activating group) is 1. The minimum absolute atomic E-state index is 0.00964. The molecule has 14 nitrogen and oxygen atoms in total. The van der Waals surface area contributed by atoms with Crippen LogP contribution in [0.2, 0.25) is 0 Å². The number of nitrogens with zero attached hydrogens (tertiary/aromatic N) is 2. The zero-order valence-electron chi connectivity index (χ0n) is 35.9. The number of amides is 1. The summed E-state index contributed by atoms with van der Waals surface area (Å²) in [5, 5.41) is 14.1. The fourth-order valence-corrected chi connectivity index (χ4v) is 8.04. The summed E-state index contributed by atoms with van der Waals surface area (Å²) >= 11 is 0. The standard InChI is InChI=1S/C46H55N3O11/c1-24-13-11-14-26(3)45(54)48-31-23-30(47-39-32(51)15-12-16-34(39)56-20-18-49(8)9)36-37(40(31)52)42-28(5)43-38(36)44(53)46(7,60-43)57-19-17-33(55-10)27(4)41(58-29(6)50)35(59-42)22-25(2)21-24/h11-17,19,23-25,27,33,35,41,51H,18,20-22H2,1-10H3,(H,48,54)/b13-11+,19-17+,26-14-,47-30?/t24?,25-,27-,33+,35?,41?,46+/m1/s1. The minimum atomic E-state index is -1.92. The van der Waals surface area contributed by atoms with Crippen LogP contribution in [-0.2, 0) is 23.8 Å². The number of hydrogen-bond donors (Lipinski definition) is 2. The number of phenolic OH excluding ortho intramolecular Hbond substituents is 1. The molecule has 0 aromatic heterocycles. The number of phenols is 1. The van der Waals surface area contributed by atoms with Gasteiger partial charge in [0.25, 0.3) is 11.7 Å². The van der Waals surface area contributed by atoms with Crippen LogP contribution in [0.25, 0.3) is 0 Å². The van der Waals surface area contributed by atoms with E-state index < -0.39 is 53.5 Å². The van der Waals surface area contributed by atoms with Gasteiger partial charge in [0.2, 0.25) is 5.78 Å². The predicted molar refractivity (Wildman–Crippen MR) is 224 cm³/mol. The molecule has 6 bridgehead atoms. The summed E-state index contributed by atoms with van der Waals surface area (Å²) in [7, 11) is 5.31. The van der Waals surface area contributed by atoms with E-state index in [0.29, 0.717) is 30.5 Å². The second-order valence-corrected chi connectivity index (χ2v) is 16.4. The Morgan fingerprint density at radius 1 is 1.05 bits per heavy atom. The maximum absolute atomic E-state index is 15.1. The van der Waals surface area contributed by atoms with E-state index in [1.807, 2.05) is 38.1 Å². The third-order valence-corrected chi connectivity index (χ3v) is 11.2. The lowest BCUT2D eigenvalue weighted by Gasteiger charge is -2.36. The van der Waals surface area contributed by atoms with Crippen molar-refractivity contribution in [3.63, 3.8) is 0 Å². The summed E-state index contributed by atoms with van der Waals surface area (Å²) in [6.45, 7) is 12.9. The maximum Gasteiger partial charge on any atom is 0.312 e. The van der Waals surface area contributed by atoms with Crippen LogP contribution in [0.1, 0.15) is 86.2 Å². The molecule has 6 rings (SSSR count). The van der Waals surface area contributed by atoms with Crippen LogP contribution in [0.3, 0.4) is 0 Å². The number of carbonyl (C=O) groups is 4. The van der Waals surface area contributed by atoms with E-state index in [4.69, 9.17) is 33.4 Å². The van der Waals surface area contributed by atoms with Crippen LogP contribution >= 0.6 is 0 Å². The van der Waals surface area contributed by atoms with Crippen molar-refractivity contribution in [2.24, 2.45) is 22.7 Å². The van der Waals surface area contributed by atoms with Gasteiger partial charge in [-0.05, 0) is 76.9 Å². The number of fused-ring (bicyclic) bond motifs is 4. The summed E-state index contributed by atoms with van der Waals surface area (Å²) in [6, 6.07) is 4.71. The third-order valence-electron chi connectivity index (χ3n) is 11.2. The fraction of sp³-hybridized carbons (Fsp3) is 0.457. The van der Waals surface area contributed by atoms with Crippen molar-refractivity contribution >= 4 is 34.8 Å². The quantitative estimate of drug-likeness (QED) is 0.284. The van der Waals surface area contributed by atoms with Gasteiger partial charge in [-0.3, -0.25) is 19.2 Å². The Morgan fingerprint density at radius 3 is 2.50 bits per heavy atom. The van der Waals surface area contributed by atoms with Gasteiger partial charge >= 0.3 is 11.8 Å². The second kappa shape index (κ2) is 17.9. The Hall–Kier alpha value is -5.73. The highest BCUT2D eigenvalue weighted by Gasteiger charge is 2.52. The van der Waals surface area contributed by atoms with Crippen LogP contribution in [-0.4, -0.2) is 97.6 Å². The SMILES string of the molecule is CO[C@H]1/C=C/O[C@@]2(C)Oc3c(C)c4c5c(c3C2=O)C(=Nc2c(O)cccc2OCCN(C)C)C=C(NC(=O)/C(C)=C\C=C\C(C)C[C@@H](C)CC(O4)C(OC(C)=O)[C@@H]1C)C5=O. The lowest BCUT2D eigenvalue weighted by Crippen LogP contribution is -2.45. The first-order valence-corrected chi connectivity index (χ1v) is 20.2. The highest BCUT2D eigenvalue weighted by molar-refractivity contribution is 6.32. The molecule has 0 fully saturated rings. The molecule has 3 heterocycles. The zero-order valence-corrected chi connectivity index (χ0v) is 35.9. The number of esters is 1. The smallest absolute Gasteiger partial charge is 0.312 e. The van der Waals surface area contributed by atoms with Crippen LogP contribution in [0.4, 0.5) is 5.69 Å². The van der Waals surface area contributed by atoms with Gasteiger partial charge in [-0.1, -0.05) is 45.1 Å². The molecule has 1 aliphatic carbocycles. The minimum Gasteiger partial charge on any atom is -0.506 e. The van der Waals surface area contributed by atoms with E-state index in [1.54, 1.807) is 38.1 Å². The van der Waals surface area contributed by atoms with Gasteiger partial charge in [-0.15, -0.1) is 0 Å². The molecule has 0 saturated heterocycles. The number of para-hydroxylation sites is 1. The Balaban J connectivity index is 1.71. The number of methoxy groups -OCH3 is 1. The van der Waals surface area contributed by atoms with E-state index in [2.05, 4.69) is 19.2 Å². The summed E-state index contributed by atoms with van der Waals surface area (Å²) in [6.07, 6.45) is 8.41. The number of ether oxygens (including phenoxy) is 6. The molecule has 60 heavy (non-hydrogen) atoms. The van der Waals surface area contributed by atoms with Gasteiger partial charge < -0.3 is 43.7 Å². The van der Waals surface area contributed by atoms with Gasteiger partial charge in [0.05, 0.1) is 34.9 Å². The molecule has 3 unspecified atom stereocenters. The zero-order chi connectivity index (χ0) is 43.6. The van der Waals surface area contributed by atoms with Crippen molar-refractivity contribution in [1.29, 1.82) is 0 Å². The van der Waals surface area contributed by atoms with Crippen molar-refractivity contribution in [1.82, 2.24) is 10.2 Å². The Bertz CT molecular complexity index is 2220. The van der Waals surface area contributed by atoms with Crippen molar-refractivity contribution in [2.75, 3.05) is 34.4 Å². The van der Waals surface area contributed by atoms with Crippen molar-refractivity contribution in [3.8, 4) is 23.0 Å². The van der Waals surface area contributed by atoms with Gasteiger partial charge in [0.15, 0.2) is 0 Å². The van der Waals surface area contributed by atoms with Gasteiger partial charge in [-0.25, -0.2) is 4.99 Å². The molecule has 2 N–H and O–H groups in total. The van der Waals surface area contributed by atoms with Crippen molar-refractivity contribution < 1.29 is 52.7 Å². The molecule has 2 aromatic carbocycles. The predicted octanol–water partition coefficient (Wildman–Crippen LogP) is 6.69. The van der Waals surface area contributed by atoms with E-state index in [9.17, 15) is 19.5 Å². The third kappa shape index (κ3) is 8.90. The summed E-state index contributed by atoms with van der Waals surface area (Å²) < 4.78 is 37.7. The first kappa shape index (κ1) is 43.8. The number of hydrogen-bond acceptors (Lipinski definition) is 13. The molecule has 2 aromatic rings. The van der Waals surface area contributed by atoms with E-state index in [0.717, 1.165) is 0 Å². The number of carbonyl (C=O) groups excluding carboxylic acids is 4. The van der Waals surface area contributed by atoms with E-state index in [1.165, 1.54) is 39.4 Å². The molecule has 3 aliphatic heterocycles. The molecule has 1 amide bonds. The highest BCUT2D eigenvalue weighted by atomic mass is 16.7. The molecule has 320 valence electrons. The van der Waals surface area contributed by atoms with Crippen molar-refractivity contribution in [3.05, 3.63) is 88.4 Å². The lowest BCUT2D eigenvalue weighted by atomic mass is 9.82. The average molecular weight is 826 g/mol. The van der Waals surface area contributed by atoms with Gasteiger partial charge in [-0.2, -0.15) is 0 Å². The first-order chi connectivity index (χ1) is 28.4.